The van der Waals surface area contributed by atoms with Crippen molar-refractivity contribution in [1.29, 1.82) is 0 Å². The molecule has 0 aliphatic carbocycles. The van der Waals surface area contributed by atoms with Gasteiger partial charge in [0.15, 0.2) is 11.5 Å². The topological polar surface area (TPSA) is 56.3 Å². The maximum absolute atomic E-state index is 5.43. The standard InChI is InChI=1S/C21H17N3O2/c1-2-4-16-9-18-17(8-15(16)3-1)19(24-12-23-18)11-22-10-14-5-6-20-21(7-14)26-13-25-20/h1-9,12,22H,10-11,13H2. The molecule has 4 aromatic rings. The predicted octanol–water partition coefficient (Wildman–Crippen LogP) is 3.80. The third-order valence-electron chi connectivity index (χ3n) is 4.64. The maximum atomic E-state index is 5.43. The lowest BCUT2D eigenvalue weighted by molar-refractivity contribution is 0.174. The first-order valence-corrected chi connectivity index (χ1v) is 8.58. The van der Waals surface area contributed by atoms with Crippen LogP contribution in [0.15, 0.2) is 60.9 Å². The molecular weight excluding hydrogens is 326 g/mol. The number of ether oxygens (including phenoxy) is 2. The number of rotatable bonds is 4. The van der Waals surface area contributed by atoms with Crippen molar-refractivity contribution in [2.45, 2.75) is 13.1 Å². The molecule has 26 heavy (non-hydrogen) atoms. The van der Waals surface area contributed by atoms with Crippen LogP contribution in [0.4, 0.5) is 0 Å². The third kappa shape index (κ3) is 2.72. The van der Waals surface area contributed by atoms with Gasteiger partial charge in [-0.3, -0.25) is 0 Å². The number of benzene rings is 3. The van der Waals surface area contributed by atoms with Gasteiger partial charge in [0.1, 0.15) is 6.33 Å². The number of hydrogen-bond acceptors (Lipinski definition) is 5. The van der Waals surface area contributed by atoms with E-state index in [4.69, 9.17) is 9.47 Å². The first-order valence-electron chi connectivity index (χ1n) is 8.58. The molecule has 0 unspecified atom stereocenters. The average molecular weight is 343 g/mol. The third-order valence-corrected chi connectivity index (χ3v) is 4.64. The number of aromatic nitrogens is 2. The second-order valence-electron chi connectivity index (χ2n) is 6.33. The highest BCUT2D eigenvalue weighted by Gasteiger charge is 2.13. The fourth-order valence-corrected chi connectivity index (χ4v) is 3.31. The molecule has 1 aromatic heterocycles. The summed E-state index contributed by atoms with van der Waals surface area (Å²) in [6, 6.07) is 18.6. The molecule has 0 atom stereocenters. The molecule has 0 saturated carbocycles. The fourth-order valence-electron chi connectivity index (χ4n) is 3.31. The molecule has 1 aliphatic rings. The Balaban J connectivity index is 1.38. The van der Waals surface area contributed by atoms with Crippen molar-refractivity contribution >= 4 is 21.7 Å². The zero-order valence-corrected chi connectivity index (χ0v) is 14.1. The summed E-state index contributed by atoms with van der Waals surface area (Å²) in [5.41, 5.74) is 3.12. The number of hydrogen-bond donors (Lipinski definition) is 1. The lowest BCUT2D eigenvalue weighted by Crippen LogP contribution is -2.14. The zero-order valence-electron chi connectivity index (χ0n) is 14.1. The Kier molecular flexibility index (Phi) is 3.65. The molecule has 0 spiro atoms. The van der Waals surface area contributed by atoms with Gasteiger partial charge in [0.25, 0.3) is 0 Å². The molecule has 0 radical (unpaired) electrons. The van der Waals surface area contributed by atoms with Crippen molar-refractivity contribution in [1.82, 2.24) is 15.3 Å². The van der Waals surface area contributed by atoms with Gasteiger partial charge in [0.2, 0.25) is 6.79 Å². The van der Waals surface area contributed by atoms with Gasteiger partial charge in [-0.05, 0) is 40.6 Å². The summed E-state index contributed by atoms with van der Waals surface area (Å²) in [5.74, 6) is 1.62. The molecule has 0 bridgehead atoms. The highest BCUT2D eigenvalue weighted by molar-refractivity contribution is 5.97. The quantitative estimate of drug-likeness (QED) is 0.571. The van der Waals surface area contributed by atoms with E-state index >= 15 is 0 Å². The van der Waals surface area contributed by atoms with Crippen molar-refractivity contribution in [2.24, 2.45) is 0 Å². The number of nitrogens with zero attached hydrogens (tertiary/aromatic N) is 2. The van der Waals surface area contributed by atoms with Crippen LogP contribution in [-0.4, -0.2) is 16.8 Å². The van der Waals surface area contributed by atoms with Crippen molar-refractivity contribution in [3.8, 4) is 11.5 Å². The van der Waals surface area contributed by atoms with Crippen LogP contribution in [0.5, 0.6) is 11.5 Å². The Bertz CT molecular complexity index is 1110. The van der Waals surface area contributed by atoms with Gasteiger partial charge in [-0.15, -0.1) is 0 Å². The Morgan fingerprint density at radius 1 is 0.846 bits per heavy atom. The van der Waals surface area contributed by atoms with Gasteiger partial charge < -0.3 is 14.8 Å². The summed E-state index contributed by atoms with van der Waals surface area (Å²) in [6.07, 6.45) is 1.63. The molecule has 5 rings (SSSR count). The summed E-state index contributed by atoms with van der Waals surface area (Å²) in [7, 11) is 0. The van der Waals surface area contributed by atoms with Gasteiger partial charge in [-0.25, -0.2) is 9.97 Å². The summed E-state index contributed by atoms with van der Waals surface area (Å²) in [4.78, 5) is 8.91. The monoisotopic (exact) mass is 343 g/mol. The molecule has 1 N–H and O–H groups in total. The summed E-state index contributed by atoms with van der Waals surface area (Å²) in [5, 5.41) is 6.94. The van der Waals surface area contributed by atoms with Crippen LogP contribution in [0.3, 0.4) is 0 Å². The smallest absolute Gasteiger partial charge is 0.231 e. The van der Waals surface area contributed by atoms with Crippen LogP contribution < -0.4 is 14.8 Å². The summed E-state index contributed by atoms with van der Waals surface area (Å²) < 4.78 is 10.8. The van der Waals surface area contributed by atoms with Gasteiger partial charge in [-0.2, -0.15) is 0 Å². The van der Waals surface area contributed by atoms with E-state index in [2.05, 4.69) is 45.6 Å². The van der Waals surface area contributed by atoms with Crippen molar-refractivity contribution < 1.29 is 9.47 Å². The summed E-state index contributed by atoms with van der Waals surface area (Å²) >= 11 is 0. The van der Waals surface area contributed by atoms with E-state index in [1.54, 1.807) is 6.33 Å². The van der Waals surface area contributed by atoms with E-state index in [0.29, 0.717) is 13.3 Å². The van der Waals surface area contributed by atoms with Gasteiger partial charge >= 0.3 is 0 Å². The van der Waals surface area contributed by atoms with Crippen LogP contribution >= 0.6 is 0 Å². The van der Waals surface area contributed by atoms with Gasteiger partial charge in [0, 0.05) is 18.5 Å². The van der Waals surface area contributed by atoms with Crippen LogP contribution in [0.25, 0.3) is 21.7 Å². The second-order valence-corrected chi connectivity index (χ2v) is 6.33. The molecular formula is C21H17N3O2. The number of nitrogens with one attached hydrogen (secondary N) is 1. The number of fused-ring (bicyclic) bond motifs is 3. The molecule has 3 aromatic carbocycles. The van der Waals surface area contributed by atoms with E-state index in [-0.39, 0.29) is 0 Å². The molecule has 2 heterocycles. The van der Waals surface area contributed by atoms with E-state index < -0.39 is 0 Å². The van der Waals surface area contributed by atoms with Crippen molar-refractivity contribution in [3.63, 3.8) is 0 Å². The highest BCUT2D eigenvalue weighted by atomic mass is 16.7. The Hall–Kier alpha value is -3.18. The predicted molar refractivity (Wildman–Crippen MR) is 100 cm³/mol. The van der Waals surface area contributed by atoms with Crippen molar-refractivity contribution in [3.05, 3.63) is 72.2 Å². The van der Waals surface area contributed by atoms with Gasteiger partial charge in [-0.1, -0.05) is 30.3 Å². The highest BCUT2D eigenvalue weighted by Crippen LogP contribution is 2.32. The first-order chi connectivity index (χ1) is 12.9. The lowest BCUT2D eigenvalue weighted by atomic mass is 10.1. The normalized spacial score (nSPS) is 12.8. The minimum absolute atomic E-state index is 0.299. The molecule has 0 amide bonds. The first kappa shape index (κ1) is 15.1. The van der Waals surface area contributed by atoms with E-state index in [9.17, 15) is 0 Å². The minimum Gasteiger partial charge on any atom is -0.454 e. The molecule has 1 aliphatic heterocycles. The van der Waals surface area contributed by atoms with Crippen molar-refractivity contribution in [2.75, 3.05) is 6.79 Å². The van der Waals surface area contributed by atoms with Crippen LogP contribution in [0.1, 0.15) is 11.3 Å². The molecule has 0 saturated heterocycles. The lowest BCUT2D eigenvalue weighted by Gasteiger charge is -2.09. The molecule has 5 nitrogen and oxygen atoms in total. The van der Waals surface area contributed by atoms with Crippen LogP contribution in [0.2, 0.25) is 0 Å². The Morgan fingerprint density at radius 2 is 1.69 bits per heavy atom. The van der Waals surface area contributed by atoms with Crippen LogP contribution in [0, 0.1) is 0 Å². The molecule has 128 valence electrons. The fraction of sp³-hybridized carbons (Fsp3) is 0.143. The Morgan fingerprint density at radius 3 is 2.62 bits per heavy atom. The molecule has 5 heteroatoms. The van der Waals surface area contributed by atoms with Gasteiger partial charge in [0.05, 0.1) is 11.2 Å². The average Bonchev–Trinajstić information content (AvgIpc) is 3.14. The SMILES string of the molecule is c1ccc2cc3c(CNCc4ccc5c(c4)OCO5)ncnc3cc2c1. The largest absolute Gasteiger partial charge is 0.454 e. The zero-order chi connectivity index (χ0) is 17.3. The van der Waals surface area contributed by atoms with E-state index in [0.717, 1.165) is 40.2 Å². The van der Waals surface area contributed by atoms with E-state index in [1.807, 2.05) is 24.3 Å². The summed E-state index contributed by atoms with van der Waals surface area (Å²) in [6.45, 7) is 1.70. The van der Waals surface area contributed by atoms with E-state index in [1.165, 1.54) is 10.8 Å². The van der Waals surface area contributed by atoms with Crippen LogP contribution in [-0.2, 0) is 13.1 Å². The minimum atomic E-state index is 0.299. The molecule has 0 fully saturated rings. The maximum Gasteiger partial charge on any atom is 0.231 e. The Labute approximate surface area is 150 Å². The second kappa shape index (κ2) is 6.28.